The van der Waals surface area contributed by atoms with Gasteiger partial charge in [0.05, 0.1) is 18.0 Å². The lowest BCUT2D eigenvalue weighted by atomic mass is 10.0. The largest absolute Gasteiger partial charge is 0.459 e. The van der Waals surface area contributed by atoms with Gasteiger partial charge in [0, 0.05) is 24.4 Å². The second-order valence-corrected chi connectivity index (χ2v) is 8.92. The number of hydrogen-bond acceptors (Lipinski definition) is 6. The average Bonchev–Trinajstić information content (AvgIpc) is 3.51. The molecule has 1 aliphatic heterocycles. The van der Waals surface area contributed by atoms with Gasteiger partial charge in [-0.05, 0) is 43.9 Å². The summed E-state index contributed by atoms with van der Waals surface area (Å²) in [6.07, 6.45) is 3.79. The number of furan rings is 1. The van der Waals surface area contributed by atoms with Crippen LogP contribution in [0.15, 0.2) is 52.5 Å². The number of benzene rings is 1. The number of nitrogens with one attached hydrogen (secondary N) is 2. The van der Waals surface area contributed by atoms with Gasteiger partial charge in [0.1, 0.15) is 6.04 Å². The number of hydrogen-bond donors (Lipinski definition) is 2. The Morgan fingerprint density at radius 1 is 1.18 bits per heavy atom. The molecule has 0 radical (unpaired) electrons. The normalized spacial score (nSPS) is 16.8. The Kier molecular flexibility index (Phi) is 6.88. The highest BCUT2D eigenvalue weighted by molar-refractivity contribution is 7.14. The van der Waals surface area contributed by atoms with Crippen LogP contribution in [0.5, 0.6) is 0 Å². The van der Waals surface area contributed by atoms with Crippen LogP contribution in [0.3, 0.4) is 0 Å². The fourth-order valence-corrected chi connectivity index (χ4v) is 4.69. The molecular formula is C24H26N4O4S. The highest BCUT2D eigenvalue weighted by Crippen LogP contribution is 2.27. The van der Waals surface area contributed by atoms with Crippen molar-refractivity contribution in [3.05, 3.63) is 59.4 Å². The van der Waals surface area contributed by atoms with Crippen molar-refractivity contribution in [3.8, 4) is 11.3 Å². The zero-order chi connectivity index (χ0) is 23.4. The maximum atomic E-state index is 13.0. The Bertz CT molecular complexity index is 1120. The van der Waals surface area contributed by atoms with E-state index >= 15 is 0 Å². The van der Waals surface area contributed by atoms with Crippen LogP contribution in [-0.2, 0) is 9.59 Å². The highest BCUT2D eigenvalue weighted by Gasteiger charge is 2.34. The third-order valence-corrected chi connectivity index (χ3v) is 6.42. The predicted molar refractivity (Wildman–Crippen MR) is 126 cm³/mol. The SMILES string of the molecule is CC(=O)NC(C)c1ccc(-c2csc(NC(=O)C3CCCCN3C(=O)c3ccco3)n2)cc1. The van der Waals surface area contributed by atoms with Crippen LogP contribution >= 0.6 is 11.3 Å². The molecule has 2 unspecified atom stereocenters. The molecule has 0 saturated carbocycles. The molecule has 2 N–H and O–H groups in total. The molecule has 3 heterocycles. The minimum Gasteiger partial charge on any atom is -0.459 e. The quantitative estimate of drug-likeness (QED) is 0.566. The first-order valence-electron chi connectivity index (χ1n) is 10.9. The van der Waals surface area contributed by atoms with E-state index < -0.39 is 6.04 Å². The van der Waals surface area contributed by atoms with Crippen molar-refractivity contribution >= 4 is 34.2 Å². The van der Waals surface area contributed by atoms with E-state index in [-0.39, 0.29) is 29.5 Å². The molecule has 1 aliphatic rings. The fourth-order valence-electron chi connectivity index (χ4n) is 3.97. The Balaban J connectivity index is 1.43. The molecule has 8 nitrogen and oxygen atoms in total. The molecule has 172 valence electrons. The standard InChI is InChI=1S/C24H26N4O4S/c1-15(25-16(2)29)17-8-10-18(11-9-17)19-14-33-24(26-19)27-22(30)20-6-3-4-12-28(20)23(31)21-7-5-13-32-21/h5,7-11,13-15,20H,3-4,6,12H2,1-2H3,(H,25,29)(H,26,27,30). The molecule has 9 heteroatoms. The molecule has 2 atom stereocenters. The van der Waals surface area contributed by atoms with Gasteiger partial charge >= 0.3 is 0 Å². The van der Waals surface area contributed by atoms with Crippen LogP contribution in [-0.4, -0.2) is 40.2 Å². The van der Waals surface area contributed by atoms with Gasteiger partial charge in [-0.2, -0.15) is 0 Å². The summed E-state index contributed by atoms with van der Waals surface area (Å²) in [7, 11) is 0. The molecule has 3 aromatic rings. The van der Waals surface area contributed by atoms with Crippen molar-refractivity contribution in [2.24, 2.45) is 0 Å². The van der Waals surface area contributed by atoms with Crippen molar-refractivity contribution in [2.75, 3.05) is 11.9 Å². The Morgan fingerprint density at radius 2 is 1.97 bits per heavy atom. The van der Waals surface area contributed by atoms with Gasteiger partial charge in [-0.15, -0.1) is 11.3 Å². The first kappa shape index (κ1) is 22.7. The van der Waals surface area contributed by atoms with Crippen LogP contribution in [0.2, 0.25) is 0 Å². The topological polar surface area (TPSA) is 105 Å². The Morgan fingerprint density at radius 3 is 2.67 bits per heavy atom. The molecule has 1 saturated heterocycles. The van der Waals surface area contributed by atoms with Gasteiger partial charge < -0.3 is 20.0 Å². The van der Waals surface area contributed by atoms with E-state index in [1.165, 1.54) is 24.5 Å². The van der Waals surface area contributed by atoms with Crippen molar-refractivity contribution in [1.82, 2.24) is 15.2 Å². The van der Waals surface area contributed by atoms with Gasteiger partial charge in [0.25, 0.3) is 5.91 Å². The zero-order valence-corrected chi connectivity index (χ0v) is 19.4. The summed E-state index contributed by atoms with van der Waals surface area (Å²) in [6, 6.07) is 10.4. The molecule has 1 aromatic carbocycles. The summed E-state index contributed by atoms with van der Waals surface area (Å²) in [5.74, 6) is -0.348. The van der Waals surface area contributed by atoms with E-state index in [0.29, 0.717) is 18.1 Å². The van der Waals surface area contributed by atoms with E-state index in [4.69, 9.17) is 4.42 Å². The lowest BCUT2D eigenvalue weighted by Gasteiger charge is -2.33. The molecule has 33 heavy (non-hydrogen) atoms. The number of nitrogens with zero attached hydrogens (tertiary/aromatic N) is 2. The molecule has 0 aliphatic carbocycles. The lowest BCUT2D eigenvalue weighted by Crippen LogP contribution is -2.49. The van der Waals surface area contributed by atoms with E-state index in [2.05, 4.69) is 15.6 Å². The monoisotopic (exact) mass is 466 g/mol. The molecule has 0 spiro atoms. The third kappa shape index (κ3) is 5.31. The number of carbonyl (C=O) groups is 3. The number of aromatic nitrogens is 1. The summed E-state index contributed by atoms with van der Waals surface area (Å²) >= 11 is 1.34. The molecule has 0 bridgehead atoms. The predicted octanol–water partition coefficient (Wildman–Crippen LogP) is 4.23. The van der Waals surface area contributed by atoms with Gasteiger partial charge in [-0.25, -0.2) is 4.98 Å². The Labute approximate surface area is 196 Å². The fraction of sp³-hybridized carbons (Fsp3) is 0.333. The van der Waals surface area contributed by atoms with Crippen LogP contribution < -0.4 is 10.6 Å². The van der Waals surface area contributed by atoms with Crippen LogP contribution in [0, 0.1) is 0 Å². The highest BCUT2D eigenvalue weighted by atomic mass is 32.1. The first-order valence-corrected chi connectivity index (χ1v) is 11.8. The molecule has 4 rings (SSSR count). The molecular weight excluding hydrogens is 440 g/mol. The minimum atomic E-state index is -0.557. The lowest BCUT2D eigenvalue weighted by molar-refractivity contribution is -0.121. The smallest absolute Gasteiger partial charge is 0.290 e. The summed E-state index contributed by atoms with van der Waals surface area (Å²) in [5.41, 5.74) is 2.66. The van der Waals surface area contributed by atoms with Crippen LogP contribution in [0.1, 0.15) is 55.3 Å². The maximum Gasteiger partial charge on any atom is 0.290 e. The van der Waals surface area contributed by atoms with Gasteiger partial charge in [-0.3, -0.25) is 14.4 Å². The number of anilines is 1. The number of likely N-dealkylation sites (tertiary alicyclic amines) is 1. The summed E-state index contributed by atoms with van der Waals surface area (Å²) < 4.78 is 5.24. The zero-order valence-electron chi connectivity index (χ0n) is 18.5. The molecule has 1 fully saturated rings. The van der Waals surface area contributed by atoms with E-state index in [1.807, 2.05) is 36.6 Å². The number of amides is 3. The van der Waals surface area contributed by atoms with Crippen molar-refractivity contribution in [1.29, 1.82) is 0 Å². The average molecular weight is 467 g/mol. The van der Waals surface area contributed by atoms with Crippen molar-refractivity contribution in [3.63, 3.8) is 0 Å². The third-order valence-electron chi connectivity index (χ3n) is 5.66. The van der Waals surface area contributed by atoms with Crippen molar-refractivity contribution in [2.45, 2.75) is 45.2 Å². The number of rotatable bonds is 6. The first-order chi connectivity index (χ1) is 15.9. The van der Waals surface area contributed by atoms with E-state index in [0.717, 1.165) is 29.7 Å². The summed E-state index contributed by atoms with van der Waals surface area (Å²) in [6.45, 7) is 3.94. The minimum absolute atomic E-state index is 0.0751. The second-order valence-electron chi connectivity index (χ2n) is 8.06. The van der Waals surface area contributed by atoms with Gasteiger partial charge in [0.15, 0.2) is 10.9 Å². The van der Waals surface area contributed by atoms with Crippen molar-refractivity contribution < 1.29 is 18.8 Å². The van der Waals surface area contributed by atoms with E-state index in [9.17, 15) is 14.4 Å². The van der Waals surface area contributed by atoms with Crippen LogP contribution in [0.4, 0.5) is 5.13 Å². The van der Waals surface area contributed by atoms with Crippen LogP contribution in [0.25, 0.3) is 11.3 Å². The van der Waals surface area contributed by atoms with E-state index in [1.54, 1.807) is 17.0 Å². The number of thiazole rings is 1. The molecule has 3 amide bonds. The Hall–Kier alpha value is -3.46. The second kappa shape index (κ2) is 9.99. The summed E-state index contributed by atoms with van der Waals surface area (Å²) in [4.78, 5) is 43.2. The maximum absolute atomic E-state index is 13.0. The van der Waals surface area contributed by atoms with Gasteiger partial charge in [0.2, 0.25) is 11.8 Å². The number of carbonyl (C=O) groups excluding carboxylic acids is 3. The molecule has 2 aromatic heterocycles. The number of piperidine rings is 1. The summed E-state index contributed by atoms with van der Waals surface area (Å²) in [5, 5.41) is 8.11. The van der Waals surface area contributed by atoms with Gasteiger partial charge in [-0.1, -0.05) is 24.3 Å².